The zero-order chi connectivity index (χ0) is 11.1. The number of nitrogens with zero attached hydrogens (tertiary/aromatic N) is 1. The van der Waals surface area contributed by atoms with Crippen molar-refractivity contribution in [3.8, 4) is 0 Å². The molecule has 0 rings (SSSR count). The number of hydrogen-bond acceptors (Lipinski definition) is 3. The lowest BCUT2D eigenvalue weighted by atomic mass is 10.2. The van der Waals surface area contributed by atoms with E-state index in [4.69, 9.17) is 10.5 Å². The van der Waals surface area contributed by atoms with Gasteiger partial charge in [0.1, 0.15) is 6.04 Å². The van der Waals surface area contributed by atoms with Gasteiger partial charge in [-0.15, -0.1) is 6.58 Å². The Morgan fingerprint density at radius 2 is 2.21 bits per heavy atom. The predicted octanol–water partition coefficient (Wildman–Crippen LogP) is 0.383. The van der Waals surface area contributed by atoms with Gasteiger partial charge in [0.2, 0.25) is 5.91 Å². The summed E-state index contributed by atoms with van der Waals surface area (Å²) in [6.45, 7) is 8.27. The highest BCUT2D eigenvalue weighted by atomic mass is 16.5. The number of carbonyl (C=O) groups is 1. The molecule has 4 heteroatoms. The third-order valence-corrected chi connectivity index (χ3v) is 1.90. The van der Waals surface area contributed by atoms with E-state index in [2.05, 4.69) is 6.58 Å². The maximum absolute atomic E-state index is 11.7. The second-order valence-corrected chi connectivity index (χ2v) is 3.43. The van der Waals surface area contributed by atoms with Crippen LogP contribution in [0.1, 0.15) is 13.8 Å². The van der Waals surface area contributed by atoms with Crippen molar-refractivity contribution < 1.29 is 9.53 Å². The van der Waals surface area contributed by atoms with Crippen LogP contribution >= 0.6 is 0 Å². The van der Waals surface area contributed by atoms with E-state index in [1.54, 1.807) is 11.0 Å². The Labute approximate surface area is 85.7 Å². The van der Waals surface area contributed by atoms with Crippen LogP contribution in [0.3, 0.4) is 0 Å². The molecule has 0 bridgehead atoms. The van der Waals surface area contributed by atoms with E-state index in [-0.39, 0.29) is 18.6 Å². The van der Waals surface area contributed by atoms with Crippen LogP contribution in [0.4, 0.5) is 0 Å². The Bertz CT molecular complexity index is 193. The molecule has 0 saturated carbocycles. The third-order valence-electron chi connectivity index (χ3n) is 1.90. The molecule has 14 heavy (non-hydrogen) atoms. The van der Waals surface area contributed by atoms with Gasteiger partial charge in [0.15, 0.2) is 0 Å². The van der Waals surface area contributed by atoms with E-state index in [0.717, 1.165) is 0 Å². The largest absolute Gasteiger partial charge is 0.383 e. The van der Waals surface area contributed by atoms with Crippen molar-refractivity contribution >= 4 is 5.91 Å². The summed E-state index contributed by atoms with van der Waals surface area (Å²) in [7, 11) is 1.53. The van der Waals surface area contributed by atoms with Crippen LogP contribution in [-0.2, 0) is 9.53 Å². The van der Waals surface area contributed by atoms with Crippen molar-refractivity contribution in [1.29, 1.82) is 0 Å². The number of ether oxygens (including phenoxy) is 1. The molecule has 0 heterocycles. The summed E-state index contributed by atoms with van der Waals surface area (Å²) in [5.41, 5.74) is 5.65. The topological polar surface area (TPSA) is 55.6 Å². The first-order valence-corrected chi connectivity index (χ1v) is 4.70. The number of rotatable bonds is 6. The van der Waals surface area contributed by atoms with Gasteiger partial charge in [0.05, 0.1) is 6.61 Å². The summed E-state index contributed by atoms with van der Waals surface area (Å²) in [5.74, 6) is -0.0956. The minimum atomic E-state index is -0.581. The van der Waals surface area contributed by atoms with E-state index in [9.17, 15) is 4.79 Å². The van der Waals surface area contributed by atoms with Gasteiger partial charge in [0, 0.05) is 19.7 Å². The van der Waals surface area contributed by atoms with Crippen molar-refractivity contribution in [2.45, 2.75) is 25.9 Å². The average molecular weight is 200 g/mol. The van der Waals surface area contributed by atoms with E-state index in [1.807, 2.05) is 13.8 Å². The average Bonchev–Trinajstić information content (AvgIpc) is 2.13. The van der Waals surface area contributed by atoms with Gasteiger partial charge in [-0.05, 0) is 13.8 Å². The first-order valence-electron chi connectivity index (χ1n) is 4.70. The van der Waals surface area contributed by atoms with E-state index in [1.165, 1.54) is 7.11 Å². The predicted molar refractivity (Wildman–Crippen MR) is 56.9 cm³/mol. The van der Waals surface area contributed by atoms with Crippen molar-refractivity contribution in [2.75, 3.05) is 20.3 Å². The van der Waals surface area contributed by atoms with Gasteiger partial charge < -0.3 is 15.4 Å². The molecule has 2 N–H and O–H groups in total. The van der Waals surface area contributed by atoms with E-state index < -0.39 is 6.04 Å². The van der Waals surface area contributed by atoms with Crippen molar-refractivity contribution in [2.24, 2.45) is 5.73 Å². The maximum Gasteiger partial charge on any atom is 0.242 e. The molecule has 82 valence electrons. The normalized spacial score (nSPS) is 12.6. The molecule has 0 radical (unpaired) electrons. The fourth-order valence-corrected chi connectivity index (χ4v) is 1.16. The zero-order valence-electron chi connectivity index (χ0n) is 9.19. The van der Waals surface area contributed by atoms with Crippen molar-refractivity contribution in [3.05, 3.63) is 12.7 Å². The summed E-state index contributed by atoms with van der Waals surface area (Å²) in [5, 5.41) is 0. The molecule has 0 saturated heterocycles. The summed E-state index contributed by atoms with van der Waals surface area (Å²) in [4.78, 5) is 13.4. The van der Waals surface area contributed by atoms with Crippen LogP contribution in [0, 0.1) is 0 Å². The molecule has 0 aliphatic carbocycles. The molecule has 0 aromatic rings. The lowest BCUT2D eigenvalue weighted by Gasteiger charge is -2.27. The quantitative estimate of drug-likeness (QED) is 0.631. The Kier molecular flexibility index (Phi) is 6.16. The van der Waals surface area contributed by atoms with Crippen LogP contribution in [0.25, 0.3) is 0 Å². The van der Waals surface area contributed by atoms with Gasteiger partial charge in [-0.2, -0.15) is 0 Å². The Morgan fingerprint density at radius 1 is 1.64 bits per heavy atom. The minimum Gasteiger partial charge on any atom is -0.383 e. The van der Waals surface area contributed by atoms with Gasteiger partial charge >= 0.3 is 0 Å². The summed E-state index contributed by atoms with van der Waals surface area (Å²) in [6.07, 6.45) is 1.69. The molecule has 0 spiro atoms. The van der Waals surface area contributed by atoms with Gasteiger partial charge in [-0.25, -0.2) is 0 Å². The molecular formula is C10H20N2O2. The number of methoxy groups -OCH3 is 1. The molecule has 0 aliphatic rings. The first kappa shape index (κ1) is 13.1. The second kappa shape index (κ2) is 6.56. The lowest BCUT2D eigenvalue weighted by Crippen LogP contribution is -2.48. The molecule has 0 aromatic carbocycles. The van der Waals surface area contributed by atoms with Crippen molar-refractivity contribution in [1.82, 2.24) is 4.90 Å². The third kappa shape index (κ3) is 3.89. The highest BCUT2D eigenvalue weighted by Gasteiger charge is 2.21. The number of hydrogen-bond donors (Lipinski definition) is 1. The van der Waals surface area contributed by atoms with E-state index in [0.29, 0.717) is 6.54 Å². The monoisotopic (exact) mass is 200 g/mol. The van der Waals surface area contributed by atoms with Crippen LogP contribution in [0.5, 0.6) is 0 Å². The first-order chi connectivity index (χ1) is 6.54. The molecule has 1 unspecified atom stereocenters. The fraction of sp³-hybridized carbons (Fsp3) is 0.700. The SMILES string of the molecule is C=CCN(C(=O)C(N)COC)C(C)C. The zero-order valence-corrected chi connectivity index (χ0v) is 9.19. The number of nitrogens with two attached hydrogens (primary N) is 1. The molecule has 0 aromatic heterocycles. The maximum atomic E-state index is 11.7. The molecular weight excluding hydrogens is 180 g/mol. The number of carbonyl (C=O) groups excluding carboxylic acids is 1. The highest BCUT2D eigenvalue weighted by Crippen LogP contribution is 2.01. The number of amides is 1. The molecule has 0 aliphatic heterocycles. The molecule has 4 nitrogen and oxygen atoms in total. The van der Waals surface area contributed by atoms with Gasteiger partial charge in [0.25, 0.3) is 0 Å². The van der Waals surface area contributed by atoms with Crippen LogP contribution < -0.4 is 5.73 Å². The summed E-state index contributed by atoms with van der Waals surface area (Å²) in [6, 6.07) is -0.453. The standard InChI is InChI=1S/C10H20N2O2/c1-5-6-12(8(2)3)10(13)9(11)7-14-4/h5,8-9H,1,6-7,11H2,2-4H3. The highest BCUT2D eigenvalue weighted by molar-refractivity contribution is 5.82. The van der Waals surface area contributed by atoms with Gasteiger partial charge in [-0.3, -0.25) is 4.79 Å². The second-order valence-electron chi connectivity index (χ2n) is 3.43. The Morgan fingerprint density at radius 3 is 2.57 bits per heavy atom. The van der Waals surface area contributed by atoms with Crippen LogP contribution in [0.2, 0.25) is 0 Å². The Balaban J connectivity index is 4.34. The van der Waals surface area contributed by atoms with E-state index >= 15 is 0 Å². The van der Waals surface area contributed by atoms with Crippen molar-refractivity contribution in [3.63, 3.8) is 0 Å². The molecule has 0 fully saturated rings. The minimum absolute atomic E-state index is 0.0956. The summed E-state index contributed by atoms with van der Waals surface area (Å²) < 4.78 is 4.83. The van der Waals surface area contributed by atoms with Gasteiger partial charge in [-0.1, -0.05) is 6.08 Å². The van der Waals surface area contributed by atoms with Crippen LogP contribution in [0.15, 0.2) is 12.7 Å². The smallest absolute Gasteiger partial charge is 0.242 e. The van der Waals surface area contributed by atoms with Crippen LogP contribution in [-0.4, -0.2) is 43.2 Å². The molecule has 1 amide bonds. The molecule has 1 atom stereocenters. The summed E-state index contributed by atoms with van der Waals surface area (Å²) >= 11 is 0. The Hall–Kier alpha value is -0.870. The fourth-order valence-electron chi connectivity index (χ4n) is 1.16. The lowest BCUT2D eigenvalue weighted by molar-refractivity contribution is -0.134.